The SMILES string of the molecule is [NH-]C1CCC(CCN2CCN(c3nsc4ccccc34)CC2)CC1.[W]. The van der Waals surface area contributed by atoms with E-state index in [0.717, 1.165) is 44.9 Å². The Morgan fingerprint density at radius 2 is 1.76 bits per heavy atom. The number of anilines is 1. The summed E-state index contributed by atoms with van der Waals surface area (Å²) in [4.78, 5) is 5.08. The van der Waals surface area contributed by atoms with Crippen molar-refractivity contribution in [3.05, 3.63) is 30.0 Å². The zero-order chi connectivity index (χ0) is 16.4. The van der Waals surface area contributed by atoms with E-state index in [4.69, 9.17) is 10.1 Å². The van der Waals surface area contributed by atoms with Crippen molar-refractivity contribution in [2.45, 2.75) is 38.1 Å². The van der Waals surface area contributed by atoms with Crippen LogP contribution in [0.1, 0.15) is 32.1 Å². The van der Waals surface area contributed by atoms with E-state index >= 15 is 0 Å². The molecular formula is C19H27N4SW-. The fourth-order valence-corrected chi connectivity index (χ4v) is 4.90. The fourth-order valence-electron chi connectivity index (χ4n) is 4.10. The van der Waals surface area contributed by atoms with Crippen molar-refractivity contribution in [2.24, 2.45) is 5.92 Å². The minimum absolute atomic E-state index is 0. The molecule has 2 aromatic rings. The van der Waals surface area contributed by atoms with Crippen molar-refractivity contribution in [2.75, 3.05) is 37.6 Å². The molecule has 0 amide bonds. The molecule has 2 fully saturated rings. The summed E-state index contributed by atoms with van der Waals surface area (Å²) in [7, 11) is 0. The summed E-state index contributed by atoms with van der Waals surface area (Å²) in [6.07, 6.45) is 6.12. The Labute approximate surface area is 169 Å². The molecule has 1 aliphatic carbocycles. The summed E-state index contributed by atoms with van der Waals surface area (Å²) in [5.74, 6) is 2.05. The molecule has 2 heterocycles. The number of aromatic nitrogens is 1. The van der Waals surface area contributed by atoms with E-state index in [1.54, 1.807) is 11.5 Å². The van der Waals surface area contributed by atoms with Gasteiger partial charge >= 0.3 is 0 Å². The standard InChI is InChI=1S/C19H27N4S.W/c20-16-7-5-15(6-8-16)9-10-22-11-13-23(14-12-22)19-17-3-1-2-4-18(17)24-21-19;/h1-4,15-16,20H,5-14H2;/q-1;. The smallest absolute Gasteiger partial charge is 0.150 e. The number of piperazine rings is 1. The third-order valence-corrected chi connectivity index (χ3v) is 6.55. The average molecular weight is 527 g/mol. The Balaban J connectivity index is 0.00000182. The maximum Gasteiger partial charge on any atom is 0.150 e. The predicted molar refractivity (Wildman–Crippen MR) is 103 cm³/mol. The Bertz CT molecular complexity index is 660. The van der Waals surface area contributed by atoms with E-state index in [0.29, 0.717) is 0 Å². The number of nitrogens with one attached hydrogen (secondary N) is 1. The summed E-state index contributed by atoms with van der Waals surface area (Å²) in [5, 5.41) is 1.31. The van der Waals surface area contributed by atoms with Crippen LogP contribution in [0.5, 0.6) is 0 Å². The van der Waals surface area contributed by atoms with Gasteiger partial charge in [0, 0.05) is 52.6 Å². The molecule has 1 saturated carbocycles. The van der Waals surface area contributed by atoms with E-state index in [1.165, 1.54) is 41.7 Å². The van der Waals surface area contributed by atoms with E-state index in [9.17, 15) is 0 Å². The van der Waals surface area contributed by atoms with Gasteiger partial charge in [0.2, 0.25) is 0 Å². The first-order valence-corrected chi connectivity index (χ1v) is 10.1. The molecule has 4 rings (SSSR count). The third kappa shape index (κ3) is 4.63. The summed E-state index contributed by atoms with van der Waals surface area (Å²) in [6, 6.07) is 8.79. The van der Waals surface area contributed by atoms with Crippen molar-refractivity contribution < 1.29 is 21.1 Å². The number of rotatable bonds is 4. The molecule has 0 radical (unpaired) electrons. The number of hydrogen-bond acceptors (Lipinski definition) is 4. The van der Waals surface area contributed by atoms with Gasteiger partial charge in [-0.15, -0.1) is 6.04 Å². The molecule has 0 unspecified atom stereocenters. The van der Waals surface area contributed by atoms with Crippen LogP contribution < -0.4 is 4.90 Å². The van der Waals surface area contributed by atoms with Crippen LogP contribution in [0.15, 0.2) is 24.3 Å². The maximum absolute atomic E-state index is 7.82. The van der Waals surface area contributed by atoms with Crippen molar-refractivity contribution in [3.63, 3.8) is 0 Å². The topological polar surface area (TPSA) is 43.2 Å². The predicted octanol–water partition coefficient (Wildman–Crippen LogP) is 4.42. The number of hydrogen-bond donors (Lipinski definition) is 0. The zero-order valence-corrected chi connectivity index (χ0v) is 18.4. The molecular weight excluding hydrogens is 500 g/mol. The van der Waals surface area contributed by atoms with E-state index in [1.807, 2.05) is 0 Å². The first-order valence-electron chi connectivity index (χ1n) is 9.32. The van der Waals surface area contributed by atoms with Crippen LogP contribution in [0.25, 0.3) is 15.8 Å². The van der Waals surface area contributed by atoms with Crippen molar-refractivity contribution in [1.29, 1.82) is 0 Å². The molecule has 4 nitrogen and oxygen atoms in total. The second kappa shape index (κ2) is 8.94. The van der Waals surface area contributed by atoms with Gasteiger partial charge in [-0.3, -0.25) is 4.90 Å². The van der Waals surface area contributed by atoms with Gasteiger partial charge in [0.25, 0.3) is 0 Å². The number of fused-ring (bicyclic) bond motifs is 1. The second-order valence-electron chi connectivity index (χ2n) is 7.34. The normalized spacial score (nSPS) is 25.1. The van der Waals surface area contributed by atoms with Crippen molar-refractivity contribution >= 4 is 27.4 Å². The largest absolute Gasteiger partial charge is 0.675 e. The average Bonchev–Trinajstić information content (AvgIpc) is 3.06. The van der Waals surface area contributed by atoms with Gasteiger partial charge in [0.05, 0.1) is 4.70 Å². The van der Waals surface area contributed by atoms with Crippen LogP contribution >= 0.6 is 11.5 Å². The summed E-state index contributed by atoms with van der Waals surface area (Å²) in [6.45, 7) is 5.72. The molecule has 0 bridgehead atoms. The molecule has 25 heavy (non-hydrogen) atoms. The first-order chi connectivity index (χ1) is 11.8. The molecule has 1 aromatic heterocycles. The summed E-state index contributed by atoms with van der Waals surface area (Å²) < 4.78 is 5.99. The summed E-state index contributed by atoms with van der Waals surface area (Å²) >= 11 is 1.62. The van der Waals surface area contributed by atoms with Crippen LogP contribution in [-0.2, 0) is 21.1 Å². The van der Waals surface area contributed by atoms with Gasteiger partial charge in [-0.2, -0.15) is 4.37 Å². The molecule has 2 aliphatic rings. The Morgan fingerprint density at radius 3 is 2.52 bits per heavy atom. The molecule has 0 atom stereocenters. The van der Waals surface area contributed by atoms with Crippen LogP contribution in [-0.4, -0.2) is 48.0 Å². The third-order valence-electron chi connectivity index (χ3n) is 5.73. The van der Waals surface area contributed by atoms with E-state index < -0.39 is 0 Å². The second-order valence-corrected chi connectivity index (χ2v) is 8.14. The Kier molecular flexibility index (Phi) is 6.90. The van der Waals surface area contributed by atoms with Crippen LogP contribution in [0, 0.1) is 5.92 Å². The maximum atomic E-state index is 7.82. The summed E-state index contributed by atoms with van der Waals surface area (Å²) in [5.41, 5.74) is 7.82. The molecule has 6 heteroatoms. The molecule has 0 spiro atoms. The van der Waals surface area contributed by atoms with E-state index in [2.05, 4.69) is 34.1 Å². The molecule has 1 N–H and O–H groups in total. The molecule has 1 aromatic carbocycles. The quantitative estimate of drug-likeness (QED) is 0.592. The number of nitrogens with zero attached hydrogens (tertiary/aromatic N) is 3. The van der Waals surface area contributed by atoms with Gasteiger partial charge in [-0.05, 0) is 42.5 Å². The first kappa shape index (κ1) is 19.3. The Hall–Kier alpha value is -0.482. The van der Waals surface area contributed by atoms with Gasteiger partial charge in [0.15, 0.2) is 0 Å². The minimum Gasteiger partial charge on any atom is -0.675 e. The van der Waals surface area contributed by atoms with Crippen molar-refractivity contribution in [1.82, 2.24) is 9.27 Å². The zero-order valence-electron chi connectivity index (χ0n) is 14.7. The number of benzene rings is 1. The van der Waals surface area contributed by atoms with Gasteiger partial charge < -0.3 is 10.6 Å². The molecule has 1 aliphatic heterocycles. The molecule has 1 saturated heterocycles. The fraction of sp³-hybridized carbons (Fsp3) is 0.632. The monoisotopic (exact) mass is 527 g/mol. The van der Waals surface area contributed by atoms with Crippen LogP contribution in [0.2, 0.25) is 0 Å². The Morgan fingerprint density at radius 1 is 1.04 bits per heavy atom. The van der Waals surface area contributed by atoms with E-state index in [-0.39, 0.29) is 27.1 Å². The molecule has 136 valence electrons. The minimum atomic E-state index is 0. The van der Waals surface area contributed by atoms with Gasteiger partial charge in [0.1, 0.15) is 5.82 Å². The van der Waals surface area contributed by atoms with Gasteiger partial charge in [-0.25, -0.2) is 0 Å². The van der Waals surface area contributed by atoms with Crippen LogP contribution in [0.3, 0.4) is 0 Å². The van der Waals surface area contributed by atoms with Crippen LogP contribution in [0.4, 0.5) is 5.82 Å². The van der Waals surface area contributed by atoms with Gasteiger partial charge in [-0.1, -0.05) is 37.8 Å². The van der Waals surface area contributed by atoms with Crippen molar-refractivity contribution in [3.8, 4) is 0 Å².